The Kier molecular flexibility index (Phi) is 9.41. The second kappa shape index (κ2) is 12.8. The number of nitrogens with zero attached hydrogens (tertiary/aromatic N) is 2. The molecule has 1 aromatic heterocycles. The number of hydrogen-bond acceptors (Lipinski definition) is 6. The number of nitrogens with one attached hydrogen (secondary N) is 2. The van der Waals surface area contributed by atoms with Gasteiger partial charge in [0.1, 0.15) is 12.4 Å². The monoisotopic (exact) mass is 680 g/mol. The number of halogens is 5. The summed E-state index contributed by atoms with van der Waals surface area (Å²) >= 11 is 8.22. The Morgan fingerprint density at radius 1 is 1.10 bits per heavy atom. The summed E-state index contributed by atoms with van der Waals surface area (Å²) in [5.74, 6) is 0.258. The molecule has 0 fully saturated rings. The van der Waals surface area contributed by atoms with Gasteiger partial charge in [-0.05, 0) is 80.2 Å². The van der Waals surface area contributed by atoms with E-state index in [1.54, 1.807) is 5.38 Å². The third kappa shape index (κ3) is 8.38. The van der Waals surface area contributed by atoms with Crippen molar-refractivity contribution >= 4 is 66.1 Å². The highest BCUT2D eigenvalue weighted by Crippen LogP contribution is 2.35. The number of alkyl halides is 3. The van der Waals surface area contributed by atoms with E-state index in [1.165, 1.54) is 29.7 Å². The highest BCUT2D eigenvalue weighted by molar-refractivity contribution is 9.11. The van der Waals surface area contributed by atoms with E-state index in [1.807, 2.05) is 37.3 Å². The van der Waals surface area contributed by atoms with Crippen molar-refractivity contribution in [1.82, 2.24) is 10.4 Å². The molecular formula is C27H21Br2F3N4O2S. The zero-order valence-corrected chi connectivity index (χ0v) is 24.3. The van der Waals surface area contributed by atoms with Crippen LogP contribution in [0.5, 0.6) is 5.75 Å². The topological polar surface area (TPSA) is 75.6 Å². The Morgan fingerprint density at radius 2 is 1.85 bits per heavy atom. The van der Waals surface area contributed by atoms with Gasteiger partial charge in [0.25, 0.3) is 0 Å². The van der Waals surface area contributed by atoms with Crippen LogP contribution < -0.4 is 15.5 Å². The van der Waals surface area contributed by atoms with Gasteiger partial charge in [-0.15, -0.1) is 11.3 Å². The number of rotatable bonds is 9. The Labute approximate surface area is 243 Å². The largest absolute Gasteiger partial charge is 0.487 e. The van der Waals surface area contributed by atoms with E-state index in [0.29, 0.717) is 23.2 Å². The first kappa shape index (κ1) is 28.8. The molecule has 3 aromatic carbocycles. The summed E-state index contributed by atoms with van der Waals surface area (Å²) in [7, 11) is 0. The number of benzene rings is 3. The third-order valence-electron chi connectivity index (χ3n) is 5.22. The summed E-state index contributed by atoms with van der Waals surface area (Å²) in [6.07, 6.45) is -2.98. The standard InChI is InChI=1S/C27H21Br2F3N4O2S/c1-16-4-2-5-17(8-16)14-38-25-22(28)9-18(10-23(25)29)13-33-36-24(37)12-21-15-39-26(35-21)34-20-7-3-6-19(11-20)27(30,31)32/h2-11,13,15H,12,14H2,1H3,(H,34,35)(H,36,37)/b33-13-. The molecule has 0 spiro atoms. The van der Waals surface area contributed by atoms with Crippen LogP contribution in [0.4, 0.5) is 24.0 Å². The summed E-state index contributed by atoms with van der Waals surface area (Å²) < 4.78 is 46.2. The Bertz CT molecular complexity index is 1490. The highest BCUT2D eigenvalue weighted by Gasteiger charge is 2.30. The van der Waals surface area contributed by atoms with Crippen molar-refractivity contribution in [2.24, 2.45) is 5.10 Å². The van der Waals surface area contributed by atoms with Gasteiger partial charge in [-0.25, -0.2) is 10.4 Å². The van der Waals surface area contributed by atoms with E-state index in [4.69, 9.17) is 4.74 Å². The number of hydrogen-bond donors (Lipinski definition) is 2. The number of carbonyl (C=O) groups excluding carboxylic acids is 1. The fraction of sp³-hybridized carbons (Fsp3) is 0.148. The molecule has 0 unspecified atom stereocenters. The second-order valence-electron chi connectivity index (χ2n) is 8.41. The molecular weight excluding hydrogens is 661 g/mol. The molecule has 0 saturated carbocycles. The van der Waals surface area contributed by atoms with Crippen LogP contribution in [-0.4, -0.2) is 17.1 Å². The van der Waals surface area contributed by atoms with Crippen molar-refractivity contribution in [3.05, 3.63) is 103 Å². The van der Waals surface area contributed by atoms with E-state index < -0.39 is 17.6 Å². The summed E-state index contributed by atoms with van der Waals surface area (Å²) in [6, 6.07) is 16.5. The fourth-order valence-electron chi connectivity index (χ4n) is 3.47. The summed E-state index contributed by atoms with van der Waals surface area (Å²) in [5.41, 5.74) is 5.35. The molecule has 2 N–H and O–H groups in total. The van der Waals surface area contributed by atoms with Gasteiger partial charge in [0.15, 0.2) is 5.13 Å². The number of amides is 1. The molecule has 4 rings (SSSR count). The molecule has 202 valence electrons. The molecule has 0 saturated heterocycles. The van der Waals surface area contributed by atoms with Crippen LogP contribution in [0.15, 0.2) is 80.1 Å². The molecule has 0 aliphatic rings. The second-order valence-corrected chi connectivity index (χ2v) is 11.0. The van der Waals surface area contributed by atoms with Crippen molar-refractivity contribution in [2.45, 2.75) is 26.1 Å². The average Bonchev–Trinajstić information content (AvgIpc) is 3.29. The Balaban J connectivity index is 1.30. The van der Waals surface area contributed by atoms with Crippen LogP contribution in [0.1, 0.15) is 27.9 Å². The van der Waals surface area contributed by atoms with Crippen molar-refractivity contribution in [3.8, 4) is 5.75 Å². The molecule has 39 heavy (non-hydrogen) atoms. The first-order valence-corrected chi connectivity index (χ1v) is 13.9. The van der Waals surface area contributed by atoms with Gasteiger partial charge in [-0.1, -0.05) is 35.9 Å². The van der Waals surface area contributed by atoms with Crippen LogP contribution >= 0.6 is 43.2 Å². The SMILES string of the molecule is Cc1cccc(COc2c(Br)cc(/C=N\NC(=O)Cc3csc(Nc4cccc(C(F)(F)F)c4)n3)cc2Br)c1. The molecule has 6 nitrogen and oxygen atoms in total. The smallest absolute Gasteiger partial charge is 0.416 e. The Hall–Kier alpha value is -3.22. The molecule has 0 atom stereocenters. The highest BCUT2D eigenvalue weighted by atomic mass is 79.9. The molecule has 1 amide bonds. The number of carbonyl (C=O) groups is 1. The van der Waals surface area contributed by atoms with Gasteiger partial charge in [0, 0.05) is 11.1 Å². The number of thiazole rings is 1. The van der Waals surface area contributed by atoms with Crippen molar-refractivity contribution in [2.75, 3.05) is 5.32 Å². The van der Waals surface area contributed by atoms with E-state index in [-0.39, 0.29) is 12.1 Å². The van der Waals surface area contributed by atoms with Crippen LogP contribution in [0.25, 0.3) is 0 Å². The van der Waals surface area contributed by atoms with Crippen LogP contribution in [0, 0.1) is 6.92 Å². The maximum atomic E-state index is 12.9. The minimum Gasteiger partial charge on any atom is -0.487 e. The summed E-state index contributed by atoms with van der Waals surface area (Å²) in [6.45, 7) is 2.44. The number of aryl methyl sites for hydroxylation is 1. The minimum atomic E-state index is -4.44. The molecule has 0 bridgehead atoms. The first-order valence-electron chi connectivity index (χ1n) is 11.4. The van der Waals surface area contributed by atoms with Gasteiger partial charge in [0.05, 0.1) is 32.8 Å². The zero-order chi connectivity index (χ0) is 28.0. The summed E-state index contributed by atoms with van der Waals surface area (Å²) in [4.78, 5) is 16.6. The maximum absolute atomic E-state index is 12.9. The predicted molar refractivity (Wildman–Crippen MR) is 154 cm³/mol. The van der Waals surface area contributed by atoms with E-state index >= 15 is 0 Å². The van der Waals surface area contributed by atoms with Gasteiger partial charge < -0.3 is 10.1 Å². The summed E-state index contributed by atoms with van der Waals surface area (Å²) in [5, 5.41) is 8.87. The maximum Gasteiger partial charge on any atom is 0.416 e. The lowest BCUT2D eigenvalue weighted by Gasteiger charge is -2.11. The normalized spacial score (nSPS) is 11.5. The third-order valence-corrected chi connectivity index (χ3v) is 7.21. The van der Waals surface area contributed by atoms with Crippen LogP contribution in [0.3, 0.4) is 0 Å². The van der Waals surface area contributed by atoms with Crippen molar-refractivity contribution in [3.63, 3.8) is 0 Å². The molecule has 4 aromatic rings. The number of anilines is 2. The molecule has 12 heteroatoms. The molecule has 0 aliphatic heterocycles. The van der Waals surface area contributed by atoms with E-state index in [0.717, 1.165) is 37.8 Å². The minimum absolute atomic E-state index is 0.0444. The lowest BCUT2D eigenvalue weighted by atomic mass is 10.1. The molecule has 0 radical (unpaired) electrons. The van der Waals surface area contributed by atoms with Gasteiger partial charge in [-0.2, -0.15) is 18.3 Å². The van der Waals surface area contributed by atoms with Gasteiger partial charge in [0.2, 0.25) is 5.91 Å². The van der Waals surface area contributed by atoms with Crippen molar-refractivity contribution < 1.29 is 22.7 Å². The lowest BCUT2D eigenvalue weighted by Crippen LogP contribution is -2.19. The average molecular weight is 682 g/mol. The first-order chi connectivity index (χ1) is 18.6. The van der Waals surface area contributed by atoms with E-state index in [9.17, 15) is 18.0 Å². The van der Waals surface area contributed by atoms with Gasteiger partial charge >= 0.3 is 6.18 Å². The van der Waals surface area contributed by atoms with Crippen molar-refractivity contribution in [1.29, 1.82) is 0 Å². The number of ether oxygens (including phenoxy) is 1. The van der Waals surface area contributed by atoms with E-state index in [2.05, 4.69) is 58.8 Å². The predicted octanol–water partition coefficient (Wildman–Crippen LogP) is 8.01. The molecule has 0 aliphatic carbocycles. The fourth-order valence-corrected chi connectivity index (χ4v) is 5.66. The zero-order valence-electron chi connectivity index (χ0n) is 20.4. The van der Waals surface area contributed by atoms with Crippen LogP contribution in [-0.2, 0) is 24.0 Å². The number of aromatic nitrogens is 1. The lowest BCUT2D eigenvalue weighted by molar-refractivity contribution is -0.137. The van der Waals surface area contributed by atoms with Gasteiger partial charge in [-0.3, -0.25) is 4.79 Å². The van der Waals surface area contributed by atoms with Crippen LogP contribution in [0.2, 0.25) is 0 Å². The quantitative estimate of drug-likeness (QED) is 0.139. The molecule has 1 heterocycles. The number of hydrazone groups is 1. The Morgan fingerprint density at radius 3 is 2.56 bits per heavy atom.